The number of nitrogens with one attached hydrogen (secondary N) is 1. The predicted molar refractivity (Wildman–Crippen MR) is 123 cm³/mol. The zero-order valence-electron chi connectivity index (χ0n) is 18.0. The van der Waals surface area contributed by atoms with Crippen molar-refractivity contribution < 1.29 is 27.1 Å². The summed E-state index contributed by atoms with van der Waals surface area (Å²) >= 11 is 1.21. The Morgan fingerprint density at radius 2 is 1.88 bits per heavy atom. The van der Waals surface area contributed by atoms with Crippen molar-refractivity contribution >= 4 is 33.0 Å². The fraction of sp³-hybridized carbons (Fsp3) is 0.273. The van der Waals surface area contributed by atoms with Gasteiger partial charge in [0.05, 0.1) is 26.0 Å². The third kappa shape index (κ3) is 4.91. The van der Waals surface area contributed by atoms with Crippen molar-refractivity contribution in [2.24, 2.45) is 0 Å². The molecule has 3 aromatic rings. The molecule has 33 heavy (non-hydrogen) atoms. The molecular weight excluding hydrogens is 469 g/mol. The molecular formula is C22H22FN3O5S2. The molecule has 8 nitrogen and oxygen atoms in total. The van der Waals surface area contributed by atoms with Crippen LogP contribution in [-0.2, 0) is 14.8 Å². The normalized spacial score (nSPS) is 14.8. The Hall–Kier alpha value is -2.86. The lowest BCUT2D eigenvalue weighted by molar-refractivity contribution is 0.0729. The van der Waals surface area contributed by atoms with E-state index >= 15 is 0 Å². The SMILES string of the molecule is COc1ccc(-c2nc(C)c(C(=O)Nc3ccc(F)c(S(=O)(=O)N4CCOCC4)c3)s2)cc1. The maximum absolute atomic E-state index is 14.4. The molecule has 2 aromatic carbocycles. The molecule has 0 radical (unpaired) electrons. The van der Waals surface area contributed by atoms with E-state index in [1.54, 1.807) is 26.2 Å². The van der Waals surface area contributed by atoms with Gasteiger partial charge in [-0.1, -0.05) is 0 Å². The molecule has 0 spiro atoms. The molecule has 174 valence electrons. The topological polar surface area (TPSA) is 97.8 Å². The average Bonchev–Trinajstić information content (AvgIpc) is 3.22. The summed E-state index contributed by atoms with van der Waals surface area (Å²) in [4.78, 5) is 17.3. The summed E-state index contributed by atoms with van der Waals surface area (Å²) in [6, 6.07) is 10.8. The standard InChI is InChI=1S/C22H22FN3O5S2/c1-14-20(32-22(24-14)15-3-6-17(30-2)7-4-15)21(27)25-16-5-8-18(23)19(13-16)33(28,29)26-9-11-31-12-10-26/h3-8,13H,9-12H2,1-2H3,(H,25,27). The molecule has 1 aliphatic heterocycles. The Kier molecular flexibility index (Phi) is 6.75. The highest BCUT2D eigenvalue weighted by molar-refractivity contribution is 7.89. The molecule has 0 unspecified atom stereocenters. The van der Waals surface area contributed by atoms with Gasteiger partial charge in [0.15, 0.2) is 0 Å². The van der Waals surface area contributed by atoms with Crippen LogP contribution in [0.25, 0.3) is 10.6 Å². The first-order chi connectivity index (χ1) is 15.8. The second-order valence-corrected chi connectivity index (χ2v) is 10.2. The Labute approximate surface area is 195 Å². The molecule has 2 heterocycles. The molecule has 11 heteroatoms. The number of anilines is 1. The lowest BCUT2D eigenvalue weighted by atomic mass is 10.2. The molecule has 4 rings (SSSR count). The maximum atomic E-state index is 14.4. The van der Waals surface area contributed by atoms with Crippen LogP contribution < -0.4 is 10.1 Å². The van der Waals surface area contributed by atoms with Crippen LogP contribution in [-0.4, -0.2) is 57.0 Å². The van der Waals surface area contributed by atoms with Gasteiger partial charge in [-0.3, -0.25) is 4.79 Å². The fourth-order valence-electron chi connectivity index (χ4n) is 3.36. The van der Waals surface area contributed by atoms with Gasteiger partial charge in [-0.2, -0.15) is 4.31 Å². The summed E-state index contributed by atoms with van der Waals surface area (Å²) in [6.45, 7) is 2.51. The number of amides is 1. The maximum Gasteiger partial charge on any atom is 0.267 e. The van der Waals surface area contributed by atoms with Gasteiger partial charge in [0.1, 0.15) is 26.3 Å². The molecule has 1 saturated heterocycles. The average molecular weight is 492 g/mol. The van der Waals surface area contributed by atoms with Gasteiger partial charge in [-0.05, 0) is 49.4 Å². The van der Waals surface area contributed by atoms with E-state index < -0.39 is 26.6 Å². The van der Waals surface area contributed by atoms with Gasteiger partial charge < -0.3 is 14.8 Å². The van der Waals surface area contributed by atoms with Gasteiger partial charge in [0.25, 0.3) is 5.91 Å². The van der Waals surface area contributed by atoms with Crippen molar-refractivity contribution in [1.82, 2.24) is 9.29 Å². The molecule has 0 bridgehead atoms. The van der Waals surface area contributed by atoms with E-state index in [4.69, 9.17) is 9.47 Å². The minimum atomic E-state index is -4.05. The predicted octanol–water partition coefficient (Wildman–Crippen LogP) is 3.54. The molecule has 1 aliphatic rings. The van der Waals surface area contributed by atoms with E-state index in [2.05, 4.69) is 10.3 Å². The van der Waals surface area contributed by atoms with E-state index in [-0.39, 0.29) is 32.0 Å². The van der Waals surface area contributed by atoms with Gasteiger partial charge in [-0.15, -0.1) is 11.3 Å². The van der Waals surface area contributed by atoms with Crippen molar-refractivity contribution in [2.75, 3.05) is 38.7 Å². The first-order valence-electron chi connectivity index (χ1n) is 10.1. The number of thiazole rings is 1. The number of hydrogen-bond donors (Lipinski definition) is 1. The lowest BCUT2D eigenvalue weighted by Crippen LogP contribution is -2.40. The summed E-state index contributed by atoms with van der Waals surface area (Å²) in [6.07, 6.45) is 0. The first-order valence-corrected chi connectivity index (χ1v) is 12.4. The summed E-state index contributed by atoms with van der Waals surface area (Å²) < 4.78 is 51.7. The Morgan fingerprint density at radius 1 is 1.18 bits per heavy atom. The number of hydrogen-bond acceptors (Lipinski definition) is 7. The summed E-state index contributed by atoms with van der Waals surface area (Å²) in [5, 5.41) is 3.32. The number of aryl methyl sites for hydroxylation is 1. The number of carbonyl (C=O) groups excluding carboxylic acids is 1. The van der Waals surface area contributed by atoms with E-state index in [0.717, 1.165) is 17.7 Å². The molecule has 0 atom stereocenters. The summed E-state index contributed by atoms with van der Waals surface area (Å²) in [7, 11) is -2.47. The van der Waals surface area contributed by atoms with Crippen LogP contribution in [0.1, 0.15) is 15.4 Å². The van der Waals surface area contributed by atoms with Crippen LogP contribution in [0.2, 0.25) is 0 Å². The molecule has 1 amide bonds. The minimum absolute atomic E-state index is 0.145. The van der Waals surface area contributed by atoms with Gasteiger partial charge in [0, 0.05) is 24.3 Å². The smallest absolute Gasteiger partial charge is 0.267 e. The summed E-state index contributed by atoms with van der Waals surface area (Å²) in [5.41, 5.74) is 1.54. The van der Waals surface area contributed by atoms with Gasteiger partial charge in [0.2, 0.25) is 10.0 Å². The zero-order chi connectivity index (χ0) is 23.6. The number of rotatable bonds is 6. The lowest BCUT2D eigenvalue weighted by Gasteiger charge is -2.26. The Bertz CT molecular complexity index is 1270. The van der Waals surface area contributed by atoms with Crippen LogP contribution in [0.5, 0.6) is 5.75 Å². The highest BCUT2D eigenvalue weighted by Gasteiger charge is 2.29. The van der Waals surface area contributed by atoms with Crippen molar-refractivity contribution in [3.05, 3.63) is 58.9 Å². The van der Waals surface area contributed by atoms with Gasteiger partial charge >= 0.3 is 0 Å². The molecule has 1 aromatic heterocycles. The number of aromatic nitrogens is 1. The minimum Gasteiger partial charge on any atom is -0.497 e. The number of sulfonamides is 1. The van der Waals surface area contributed by atoms with Crippen LogP contribution in [0, 0.1) is 12.7 Å². The first kappa shape index (κ1) is 23.3. The van der Waals surface area contributed by atoms with Crippen LogP contribution in [0.4, 0.5) is 10.1 Å². The second kappa shape index (κ2) is 9.56. The number of ether oxygens (including phenoxy) is 2. The van der Waals surface area contributed by atoms with Crippen LogP contribution in [0.3, 0.4) is 0 Å². The van der Waals surface area contributed by atoms with Crippen molar-refractivity contribution in [3.63, 3.8) is 0 Å². The largest absolute Gasteiger partial charge is 0.497 e. The van der Waals surface area contributed by atoms with E-state index in [0.29, 0.717) is 21.3 Å². The van der Waals surface area contributed by atoms with Crippen molar-refractivity contribution in [3.8, 4) is 16.3 Å². The third-order valence-electron chi connectivity index (χ3n) is 5.12. The quantitative estimate of drug-likeness (QED) is 0.567. The Morgan fingerprint density at radius 3 is 2.55 bits per heavy atom. The second-order valence-electron chi connectivity index (χ2n) is 7.28. The highest BCUT2D eigenvalue weighted by atomic mass is 32.2. The van der Waals surface area contributed by atoms with Gasteiger partial charge in [-0.25, -0.2) is 17.8 Å². The summed E-state index contributed by atoms with van der Waals surface area (Å²) in [5.74, 6) is -0.620. The number of halogens is 1. The molecule has 0 saturated carbocycles. The van der Waals surface area contributed by atoms with E-state index in [1.165, 1.54) is 21.7 Å². The highest BCUT2D eigenvalue weighted by Crippen LogP contribution is 2.30. The third-order valence-corrected chi connectivity index (χ3v) is 8.24. The number of benzene rings is 2. The molecule has 1 N–H and O–H groups in total. The molecule has 0 aliphatic carbocycles. The fourth-order valence-corrected chi connectivity index (χ4v) is 5.82. The van der Waals surface area contributed by atoms with Crippen LogP contribution in [0.15, 0.2) is 47.4 Å². The number of methoxy groups -OCH3 is 1. The van der Waals surface area contributed by atoms with E-state index in [9.17, 15) is 17.6 Å². The monoisotopic (exact) mass is 491 g/mol. The Balaban J connectivity index is 1.56. The van der Waals surface area contributed by atoms with Crippen molar-refractivity contribution in [1.29, 1.82) is 0 Å². The van der Waals surface area contributed by atoms with Crippen molar-refractivity contribution in [2.45, 2.75) is 11.8 Å². The number of morpholine rings is 1. The van der Waals surface area contributed by atoms with E-state index in [1.807, 2.05) is 12.1 Å². The molecule has 1 fully saturated rings. The van der Waals surface area contributed by atoms with Crippen LogP contribution >= 0.6 is 11.3 Å². The number of nitrogens with zero attached hydrogens (tertiary/aromatic N) is 2. The number of carbonyl (C=O) groups is 1. The zero-order valence-corrected chi connectivity index (χ0v) is 19.6.